The van der Waals surface area contributed by atoms with Gasteiger partial charge in [-0.3, -0.25) is 9.78 Å². The maximum Gasteiger partial charge on any atom is 0.355 e. The molecular weight excluding hydrogens is 288 g/mol. The number of H-pyrrole nitrogens is 1. The first kappa shape index (κ1) is 11.8. The smallest absolute Gasteiger partial charge is 0.355 e. The molecule has 0 aliphatic rings. The Hall–Kier alpha value is -1.63. The highest BCUT2D eigenvalue weighted by Gasteiger charge is 2.22. The van der Waals surface area contributed by atoms with E-state index in [0.717, 1.165) is 17.0 Å². The minimum Gasteiger partial charge on any atom is -0.476 e. The molecule has 0 bridgehead atoms. The minimum atomic E-state index is -1.05. The summed E-state index contributed by atoms with van der Waals surface area (Å²) >= 11 is 3.25. The number of aromatic amines is 1. The van der Waals surface area contributed by atoms with E-state index < -0.39 is 5.97 Å². The molecule has 0 aliphatic carbocycles. The molecule has 2 heterocycles. The van der Waals surface area contributed by atoms with Gasteiger partial charge in [0.1, 0.15) is 5.69 Å². The summed E-state index contributed by atoms with van der Waals surface area (Å²) < 4.78 is 2.19. The van der Waals surface area contributed by atoms with Gasteiger partial charge < -0.3 is 5.11 Å². The summed E-state index contributed by atoms with van der Waals surface area (Å²) in [4.78, 5) is 10.9. The highest BCUT2D eigenvalue weighted by Crippen LogP contribution is 2.32. The van der Waals surface area contributed by atoms with Crippen LogP contribution in [0.25, 0.3) is 11.3 Å². The zero-order chi connectivity index (χ0) is 12.7. The lowest BCUT2D eigenvalue weighted by atomic mass is 10.1. The van der Waals surface area contributed by atoms with E-state index in [1.165, 1.54) is 0 Å². The van der Waals surface area contributed by atoms with Crippen LogP contribution in [0.1, 0.15) is 21.9 Å². The van der Waals surface area contributed by atoms with Gasteiger partial charge in [-0.25, -0.2) is 4.79 Å². The van der Waals surface area contributed by atoms with Gasteiger partial charge in [0.05, 0.1) is 10.2 Å². The van der Waals surface area contributed by atoms with Crippen molar-refractivity contribution in [2.24, 2.45) is 7.05 Å². The van der Waals surface area contributed by atoms with Crippen molar-refractivity contribution in [3.63, 3.8) is 0 Å². The van der Waals surface area contributed by atoms with Crippen LogP contribution in [0.4, 0.5) is 0 Å². The zero-order valence-corrected chi connectivity index (χ0v) is 11.2. The molecular formula is C10H11BrN4O2. The van der Waals surface area contributed by atoms with Gasteiger partial charge in [0.15, 0.2) is 5.69 Å². The quantitative estimate of drug-likeness (QED) is 0.887. The first-order valence-electron chi connectivity index (χ1n) is 4.91. The number of rotatable bonds is 2. The number of nitrogens with one attached hydrogen (secondary N) is 1. The maximum atomic E-state index is 10.9. The number of hydrogen-bond donors (Lipinski definition) is 2. The van der Waals surface area contributed by atoms with E-state index in [4.69, 9.17) is 5.11 Å². The fraction of sp³-hybridized carbons (Fsp3) is 0.300. The molecule has 0 radical (unpaired) electrons. The topological polar surface area (TPSA) is 83.8 Å². The molecule has 0 unspecified atom stereocenters. The molecule has 90 valence electrons. The Morgan fingerprint density at radius 3 is 2.53 bits per heavy atom. The summed E-state index contributed by atoms with van der Waals surface area (Å²) in [5.74, 6) is -1.05. The SMILES string of the molecule is Cc1nn(C)c(C)c1-c1n[nH]c(C(=O)O)c1Br. The van der Waals surface area contributed by atoms with Crippen molar-refractivity contribution in [3.8, 4) is 11.3 Å². The lowest BCUT2D eigenvalue weighted by molar-refractivity contribution is 0.0689. The van der Waals surface area contributed by atoms with Crippen LogP contribution < -0.4 is 0 Å². The third-order valence-electron chi connectivity index (χ3n) is 2.67. The van der Waals surface area contributed by atoms with Crippen molar-refractivity contribution in [2.45, 2.75) is 13.8 Å². The first-order valence-corrected chi connectivity index (χ1v) is 5.70. The lowest BCUT2D eigenvalue weighted by Gasteiger charge is -1.98. The maximum absolute atomic E-state index is 10.9. The normalized spacial score (nSPS) is 10.8. The summed E-state index contributed by atoms with van der Waals surface area (Å²) in [6.07, 6.45) is 0. The zero-order valence-electron chi connectivity index (χ0n) is 9.58. The number of carboxylic acids is 1. The van der Waals surface area contributed by atoms with Crippen molar-refractivity contribution >= 4 is 21.9 Å². The fourth-order valence-electron chi connectivity index (χ4n) is 1.75. The molecule has 2 aromatic heterocycles. The van der Waals surface area contributed by atoms with E-state index >= 15 is 0 Å². The number of aryl methyl sites for hydroxylation is 2. The van der Waals surface area contributed by atoms with Crippen molar-refractivity contribution < 1.29 is 9.90 Å². The average Bonchev–Trinajstić information content (AvgIpc) is 2.70. The molecule has 0 saturated heterocycles. The Labute approximate surface area is 106 Å². The summed E-state index contributed by atoms with van der Waals surface area (Å²) in [6, 6.07) is 0. The summed E-state index contributed by atoms with van der Waals surface area (Å²) in [5.41, 5.74) is 3.22. The summed E-state index contributed by atoms with van der Waals surface area (Å²) in [5, 5.41) is 19.8. The average molecular weight is 299 g/mol. The van der Waals surface area contributed by atoms with Gasteiger partial charge in [0.2, 0.25) is 0 Å². The predicted molar refractivity (Wildman–Crippen MR) is 64.9 cm³/mol. The number of carboxylic acid groups (broad SMARTS) is 1. The number of hydrogen-bond acceptors (Lipinski definition) is 3. The number of halogens is 1. The molecule has 2 rings (SSSR count). The molecule has 6 nitrogen and oxygen atoms in total. The molecule has 2 N–H and O–H groups in total. The van der Waals surface area contributed by atoms with Crippen LogP contribution in [0.15, 0.2) is 4.47 Å². The standard InChI is InChI=1S/C10H11BrN4O2/c1-4-6(5(2)15(3)14-4)8-7(11)9(10(16)17)13-12-8/h1-3H3,(H,12,13)(H,16,17). The molecule has 0 atom stereocenters. The molecule has 0 saturated carbocycles. The van der Waals surface area contributed by atoms with Crippen LogP contribution in [0, 0.1) is 13.8 Å². The van der Waals surface area contributed by atoms with Crippen LogP contribution in [-0.2, 0) is 7.05 Å². The molecule has 0 aromatic carbocycles. The van der Waals surface area contributed by atoms with Gasteiger partial charge in [-0.1, -0.05) is 0 Å². The molecule has 0 amide bonds. The Morgan fingerprint density at radius 2 is 2.12 bits per heavy atom. The van der Waals surface area contributed by atoms with Gasteiger partial charge >= 0.3 is 5.97 Å². The number of carbonyl (C=O) groups is 1. The second-order valence-electron chi connectivity index (χ2n) is 3.74. The summed E-state index contributed by atoms with van der Waals surface area (Å²) in [7, 11) is 1.84. The van der Waals surface area contributed by atoms with E-state index in [9.17, 15) is 4.79 Å². The van der Waals surface area contributed by atoms with E-state index in [-0.39, 0.29) is 5.69 Å². The van der Waals surface area contributed by atoms with Gasteiger partial charge in [-0.15, -0.1) is 0 Å². The van der Waals surface area contributed by atoms with Crippen LogP contribution in [0.5, 0.6) is 0 Å². The number of aromatic carboxylic acids is 1. The van der Waals surface area contributed by atoms with Crippen molar-refractivity contribution in [3.05, 3.63) is 21.6 Å². The van der Waals surface area contributed by atoms with E-state index in [1.54, 1.807) is 4.68 Å². The van der Waals surface area contributed by atoms with Crippen molar-refractivity contribution in [1.29, 1.82) is 0 Å². The van der Waals surface area contributed by atoms with Crippen LogP contribution >= 0.6 is 15.9 Å². The van der Waals surface area contributed by atoms with Crippen LogP contribution in [0.3, 0.4) is 0 Å². The second kappa shape index (κ2) is 3.99. The predicted octanol–water partition coefficient (Wildman–Crippen LogP) is 1.89. The second-order valence-corrected chi connectivity index (χ2v) is 4.53. The first-order chi connectivity index (χ1) is 7.93. The van der Waals surface area contributed by atoms with E-state index in [1.807, 2.05) is 20.9 Å². The molecule has 7 heteroatoms. The Balaban J connectivity index is 2.65. The van der Waals surface area contributed by atoms with Crippen LogP contribution in [0.2, 0.25) is 0 Å². The minimum absolute atomic E-state index is 0.0441. The molecule has 0 aliphatic heterocycles. The Kier molecular flexibility index (Phi) is 2.78. The Bertz CT molecular complexity index is 600. The fourth-order valence-corrected chi connectivity index (χ4v) is 2.30. The van der Waals surface area contributed by atoms with Crippen molar-refractivity contribution in [2.75, 3.05) is 0 Å². The highest BCUT2D eigenvalue weighted by atomic mass is 79.9. The number of aromatic nitrogens is 4. The Morgan fingerprint density at radius 1 is 1.47 bits per heavy atom. The van der Waals surface area contributed by atoms with Gasteiger partial charge in [0, 0.05) is 18.3 Å². The monoisotopic (exact) mass is 298 g/mol. The number of nitrogens with zero attached hydrogens (tertiary/aromatic N) is 3. The molecule has 0 spiro atoms. The van der Waals surface area contributed by atoms with Gasteiger partial charge in [-0.05, 0) is 29.8 Å². The highest BCUT2D eigenvalue weighted by molar-refractivity contribution is 9.10. The summed E-state index contributed by atoms with van der Waals surface area (Å²) in [6.45, 7) is 3.78. The van der Waals surface area contributed by atoms with Gasteiger partial charge in [0.25, 0.3) is 0 Å². The van der Waals surface area contributed by atoms with E-state index in [2.05, 4.69) is 31.2 Å². The third-order valence-corrected chi connectivity index (χ3v) is 3.44. The van der Waals surface area contributed by atoms with Crippen LogP contribution in [-0.4, -0.2) is 31.1 Å². The van der Waals surface area contributed by atoms with Gasteiger partial charge in [-0.2, -0.15) is 10.2 Å². The third kappa shape index (κ3) is 1.76. The molecule has 2 aromatic rings. The van der Waals surface area contributed by atoms with Crippen molar-refractivity contribution in [1.82, 2.24) is 20.0 Å². The largest absolute Gasteiger partial charge is 0.476 e. The lowest BCUT2D eigenvalue weighted by Crippen LogP contribution is -1.97. The molecule has 17 heavy (non-hydrogen) atoms. The molecule has 0 fully saturated rings. The van der Waals surface area contributed by atoms with E-state index in [0.29, 0.717) is 10.2 Å².